The summed E-state index contributed by atoms with van der Waals surface area (Å²) in [6.07, 6.45) is 4.09. The lowest BCUT2D eigenvalue weighted by molar-refractivity contribution is 0.0402. The molecular formula is C16H27N7O. The van der Waals surface area contributed by atoms with Gasteiger partial charge in [0.15, 0.2) is 0 Å². The van der Waals surface area contributed by atoms with Crippen LogP contribution < -0.4 is 0 Å². The van der Waals surface area contributed by atoms with Gasteiger partial charge < -0.3 is 5.11 Å². The normalized spacial score (nSPS) is 22.6. The standard InChI is InChI=1S/C16H27N7O/c1-12(2)22-8-13(19-20-22)16(24)6-7-21(10-16)9-14-17-11-18-23(14)15(3,4)5/h8,11-12,24H,6-7,9-10H2,1-5H3/t16-/m0/s1. The Morgan fingerprint density at radius 1 is 1.33 bits per heavy atom. The van der Waals surface area contributed by atoms with E-state index in [4.69, 9.17) is 0 Å². The molecule has 0 amide bonds. The van der Waals surface area contributed by atoms with Gasteiger partial charge in [0.2, 0.25) is 0 Å². The minimum atomic E-state index is -0.945. The summed E-state index contributed by atoms with van der Waals surface area (Å²) in [6, 6.07) is 0.234. The highest BCUT2D eigenvalue weighted by atomic mass is 16.3. The molecular weight excluding hydrogens is 306 g/mol. The molecule has 0 unspecified atom stereocenters. The summed E-state index contributed by atoms with van der Waals surface area (Å²) in [4.78, 5) is 6.59. The average Bonchev–Trinajstić information content (AvgIpc) is 3.18. The van der Waals surface area contributed by atoms with E-state index in [1.165, 1.54) is 0 Å². The third-order valence-electron chi connectivity index (χ3n) is 4.46. The van der Waals surface area contributed by atoms with Crippen LogP contribution in [0.3, 0.4) is 0 Å². The van der Waals surface area contributed by atoms with Crippen molar-refractivity contribution in [2.75, 3.05) is 13.1 Å². The van der Waals surface area contributed by atoms with Crippen LogP contribution in [-0.4, -0.2) is 52.9 Å². The lowest BCUT2D eigenvalue weighted by Gasteiger charge is -2.24. The van der Waals surface area contributed by atoms with Crippen molar-refractivity contribution in [2.24, 2.45) is 0 Å². The molecule has 1 atom stereocenters. The molecule has 0 saturated carbocycles. The van der Waals surface area contributed by atoms with Crippen molar-refractivity contribution in [3.8, 4) is 0 Å². The fourth-order valence-corrected chi connectivity index (χ4v) is 3.09. The van der Waals surface area contributed by atoms with Crippen LogP contribution in [0.1, 0.15) is 58.6 Å². The minimum Gasteiger partial charge on any atom is -0.382 e. The molecule has 1 saturated heterocycles. The highest BCUT2D eigenvalue weighted by molar-refractivity contribution is 5.11. The van der Waals surface area contributed by atoms with E-state index in [-0.39, 0.29) is 11.6 Å². The largest absolute Gasteiger partial charge is 0.382 e. The molecule has 1 N–H and O–H groups in total. The summed E-state index contributed by atoms with van der Waals surface area (Å²) in [5.41, 5.74) is -0.405. The molecule has 3 rings (SSSR count). The van der Waals surface area contributed by atoms with Crippen molar-refractivity contribution in [1.82, 2.24) is 34.7 Å². The van der Waals surface area contributed by atoms with E-state index < -0.39 is 5.60 Å². The molecule has 1 aliphatic rings. The zero-order valence-corrected chi connectivity index (χ0v) is 15.1. The van der Waals surface area contributed by atoms with Crippen molar-refractivity contribution in [3.63, 3.8) is 0 Å². The number of hydrogen-bond donors (Lipinski definition) is 1. The molecule has 0 aromatic carbocycles. The highest BCUT2D eigenvalue weighted by Crippen LogP contribution is 2.31. The number of likely N-dealkylation sites (tertiary alicyclic amines) is 1. The molecule has 132 valence electrons. The topological polar surface area (TPSA) is 84.9 Å². The van der Waals surface area contributed by atoms with Gasteiger partial charge in [0, 0.05) is 19.1 Å². The Labute approximate surface area is 142 Å². The molecule has 24 heavy (non-hydrogen) atoms. The summed E-state index contributed by atoms with van der Waals surface area (Å²) < 4.78 is 3.73. The lowest BCUT2D eigenvalue weighted by Crippen LogP contribution is -2.33. The third kappa shape index (κ3) is 3.21. The molecule has 1 aliphatic heterocycles. The van der Waals surface area contributed by atoms with E-state index in [1.54, 1.807) is 11.0 Å². The maximum absolute atomic E-state index is 11.0. The Kier molecular flexibility index (Phi) is 4.21. The first-order valence-electron chi connectivity index (χ1n) is 8.45. The Bertz CT molecular complexity index is 699. The molecule has 8 heteroatoms. The third-order valence-corrected chi connectivity index (χ3v) is 4.46. The van der Waals surface area contributed by atoms with Crippen LogP contribution in [-0.2, 0) is 17.7 Å². The quantitative estimate of drug-likeness (QED) is 0.908. The first kappa shape index (κ1) is 17.0. The van der Waals surface area contributed by atoms with Gasteiger partial charge in [0.05, 0.1) is 18.3 Å². The number of aromatic nitrogens is 6. The molecule has 3 heterocycles. The summed E-state index contributed by atoms with van der Waals surface area (Å²) in [6.45, 7) is 12.4. The van der Waals surface area contributed by atoms with E-state index in [1.807, 2.05) is 24.7 Å². The van der Waals surface area contributed by atoms with Gasteiger partial charge in [-0.2, -0.15) is 5.10 Å². The first-order chi connectivity index (χ1) is 11.2. The van der Waals surface area contributed by atoms with E-state index in [2.05, 4.69) is 46.1 Å². The Hall–Kier alpha value is -1.80. The second-order valence-electron chi connectivity index (χ2n) is 7.93. The van der Waals surface area contributed by atoms with E-state index >= 15 is 0 Å². The molecule has 2 aromatic rings. The second kappa shape index (κ2) is 5.93. The van der Waals surface area contributed by atoms with Crippen LogP contribution in [0.15, 0.2) is 12.5 Å². The number of rotatable bonds is 4. The van der Waals surface area contributed by atoms with E-state index in [9.17, 15) is 5.11 Å². The summed E-state index contributed by atoms with van der Waals surface area (Å²) in [5.74, 6) is 0.914. The van der Waals surface area contributed by atoms with Crippen LogP contribution in [0.25, 0.3) is 0 Å². The van der Waals surface area contributed by atoms with Gasteiger partial charge in [0.25, 0.3) is 0 Å². The first-order valence-corrected chi connectivity index (χ1v) is 8.45. The Morgan fingerprint density at radius 3 is 2.71 bits per heavy atom. The smallest absolute Gasteiger partial charge is 0.141 e. The Balaban J connectivity index is 1.72. The predicted molar refractivity (Wildman–Crippen MR) is 89.2 cm³/mol. The maximum Gasteiger partial charge on any atom is 0.141 e. The second-order valence-corrected chi connectivity index (χ2v) is 7.93. The van der Waals surface area contributed by atoms with Gasteiger partial charge in [-0.15, -0.1) is 5.10 Å². The van der Waals surface area contributed by atoms with Crippen molar-refractivity contribution in [1.29, 1.82) is 0 Å². The Morgan fingerprint density at radius 2 is 2.08 bits per heavy atom. The molecule has 0 aliphatic carbocycles. The number of hydrogen-bond acceptors (Lipinski definition) is 6. The van der Waals surface area contributed by atoms with Gasteiger partial charge in [0.1, 0.15) is 23.4 Å². The minimum absolute atomic E-state index is 0.109. The zero-order chi connectivity index (χ0) is 17.5. The molecule has 0 spiro atoms. The van der Waals surface area contributed by atoms with Crippen molar-refractivity contribution >= 4 is 0 Å². The maximum atomic E-state index is 11.0. The monoisotopic (exact) mass is 333 g/mol. The van der Waals surface area contributed by atoms with Crippen LogP contribution in [0.4, 0.5) is 0 Å². The molecule has 8 nitrogen and oxygen atoms in total. The summed E-state index contributed by atoms with van der Waals surface area (Å²) in [5, 5.41) is 23.6. The fraction of sp³-hybridized carbons (Fsp3) is 0.750. The predicted octanol–water partition coefficient (Wildman–Crippen LogP) is 1.30. The van der Waals surface area contributed by atoms with Gasteiger partial charge >= 0.3 is 0 Å². The van der Waals surface area contributed by atoms with Gasteiger partial charge in [-0.3, -0.25) is 4.90 Å². The summed E-state index contributed by atoms with van der Waals surface area (Å²) in [7, 11) is 0. The number of β-amino-alcohol motifs (C(OH)–C–C–N with tert-alkyl or cyclic N) is 1. The highest BCUT2D eigenvalue weighted by Gasteiger charge is 2.40. The van der Waals surface area contributed by atoms with Crippen LogP contribution in [0, 0.1) is 0 Å². The molecule has 0 radical (unpaired) electrons. The summed E-state index contributed by atoms with van der Waals surface area (Å²) >= 11 is 0. The fourth-order valence-electron chi connectivity index (χ4n) is 3.09. The molecule has 2 aromatic heterocycles. The van der Waals surface area contributed by atoms with Gasteiger partial charge in [-0.05, 0) is 41.0 Å². The molecule has 1 fully saturated rings. The van der Waals surface area contributed by atoms with Crippen LogP contribution in [0.5, 0.6) is 0 Å². The van der Waals surface area contributed by atoms with Crippen LogP contribution in [0.2, 0.25) is 0 Å². The lowest BCUT2D eigenvalue weighted by atomic mass is 10.00. The van der Waals surface area contributed by atoms with Crippen molar-refractivity contribution in [2.45, 2.75) is 64.8 Å². The number of nitrogens with zero attached hydrogens (tertiary/aromatic N) is 7. The number of aliphatic hydroxyl groups is 1. The SMILES string of the molecule is CC(C)n1cc([C@]2(O)CCN(Cc3ncnn3C(C)(C)C)C2)nn1. The zero-order valence-electron chi connectivity index (χ0n) is 15.1. The van der Waals surface area contributed by atoms with Gasteiger partial charge in [-0.1, -0.05) is 5.21 Å². The average molecular weight is 333 g/mol. The molecule has 0 bridgehead atoms. The van der Waals surface area contributed by atoms with E-state index in [0.29, 0.717) is 25.2 Å². The van der Waals surface area contributed by atoms with Crippen LogP contribution >= 0.6 is 0 Å². The van der Waals surface area contributed by atoms with Gasteiger partial charge in [-0.25, -0.2) is 14.3 Å². The van der Waals surface area contributed by atoms with Crippen molar-refractivity contribution < 1.29 is 5.11 Å². The van der Waals surface area contributed by atoms with Crippen molar-refractivity contribution in [3.05, 3.63) is 24.0 Å². The van der Waals surface area contributed by atoms with E-state index in [0.717, 1.165) is 12.4 Å².